The number of nitrogens with zero attached hydrogens (tertiary/aromatic N) is 2. The van der Waals surface area contributed by atoms with Crippen LogP contribution in [0.4, 0.5) is 10.2 Å². The maximum atomic E-state index is 13.3. The number of amides is 1. The molecule has 0 aliphatic heterocycles. The van der Waals surface area contributed by atoms with Crippen molar-refractivity contribution in [2.24, 2.45) is 0 Å². The van der Waals surface area contributed by atoms with Gasteiger partial charge in [0.05, 0.1) is 5.56 Å². The van der Waals surface area contributed by atoms with Gasteiger partial charge >= 0.3 is 5.97 Å². The Kier molecular flexibility index (Phi) is 7.46. The van der Waals surface area contributed by atoms with Crippen molar-refractivity contribution < 1.29 is 23.5 Å². The molecule has 33 heavy (non-hydrogen) atoms. The SMILES string of the molecule is Cc1c(C#N)c(NC(=O)COC(=O)C(C)Oc2ccccc2)n(Cc2ccc(F)cc2)c1C. The Morgan fingerprint density at radius 1 is 1.12 bits per heavy atom. The zero-order valence-corrected chi connectivity index (χ0v) is 18.6. The van der Waals surface area contributed by atoms with Gasteiger partial charge in [-0.25, -0.2) is 9.18 Å². The van der Waals surface area contributed by atoms with E-state index >= 15 is 0 Å². The van der Waals surface area contributed by atoms with Crippen LogP contribution in [0.1, 0.15) is 29.3 Å². The van der Waals surface area contributed by atoms with Gasteiger partial charge in [0.1, 0.15) is 23.5 Å². The van der Waals surface area contributed by atoms with E-state index in [9.17, 15) is 19.2 Å². The average Bonchev–Trinajstić information content (AvgIpc) is 3.03. The fourth-order valence-corrected chi connectivity index (χ4v) is 3.27. The Labute approximate surface area is 191 Å². The van der Waals surface area contributed by atoms with Gasteiger partial charge in [-0.2, -0.15) is 5.26 Å². The molecule has 0 spiro atoms. The Hall–Kier alpha value is -4.12. The molecule has 3 rings (SSSR count). The molecule has 7 nitrogen and oxygen atoms in total. The van der Waals surface area contributed by atoms with Crippen molar-refractivity contribution in [1.82, 2.24) is 4.57 Å². The molecule has 0 saturated carbocycles. The van der Waals surface area contributed by atoms with Crippen LogP contribution < -0.4 is 10.1 Å². The van der Waals surface area contributed by atoms with Crippen LogP contribution in [0.25, 0.3) is 0 Å². The molecule has 0 fully saturated rings. The fourth-order valence-electron chi connectivity index (χ4n) is 3.27. The van der Waals surface area contributed by atoms with Gasteiger partial charge in [0.25, 0.3) is 5.91 Å². The van der Waals surface area contributed by atoms with Gasteiger partial charge in [-0.15, -0.1) is 0 Å². The first-order chi connectivity index (χ1) is 15.8. The summed E-state index contributed by atoms with van der Waals surface area (Å²) >= 11 is 0. The monoisotopic (exact) mass is 449 g/mol. The number of carbonyl (C=O) groups is 2. The van der Waals surface area contributed by atoms with Crippen LogP contribution in [0, 0.1) is 31.0 Å². The molecule has 0 aliphatic carbocycles. The van der Waals surface area contributed by atoms with E-state index < -0.39 is 24.6 Å². The molecule has 0 bridgehead atoms. The molecular weight excluding hydrogens is 425 g/mol. The standard InChI is InChI=1S/C25H24FN3O4/c1-16-17(2)29(14-19-9-11-20(26)12-10-19)24(22(16)13-27)28-23(30)15-32-25(31)18(3)33-21-7-5-4-6-8-21/h4-12,18H,14-15H2,1-3H3,(H,28,30). The molecule has 1 N–H and O–H groups in total. The maximum Gasteiger partial charge on any atom is 0.347 e. The smallest absolute Gasteiger partial charge is 0.347 e. The summed E-state index contributed by atoms with van der Waals surface area (Å²) in [5, 5.41) is 12.3. The number of hydrogen-bond acceptors (Lipinski definition) is 5. The van der Waals surface area contributed by atoms with E-state index in [-0.39, 0.29) is 5.82 Å². The lowest BCUT2D eigenvalue weighted by Crippen LogP contribution is -2.30. The van der Waals surface area contributed by atoms with Crippen molar-refractivity contribution in [1.29, 1.82) is 5.26 Å². The minimum absolute atomic E-state index is 0.298. The molecule has 8 heteroatoms. The van der Waals surface area contributed by atoms with Crippen molar-refractivity contribution >= 4 is 17.7 Å². The highest BCUT2D eigenvalue weighted by molar-refractivity contribution is 5.94. The lowest BCUT2D eigenvalue weighted by molar-refractivity contribution is -0.153. The van der Waals surface area contributed by atoms with Crippen LogP contribution in [0.5, 0.6) is 5.75 Å². The van der Waals surface area contributed by atoms with Crippen molar-refractivity contribution in [3.05, 3.63) is 82.8 Å². The van der Waals surface area contributed by atoms with Crippen LogP contribution in [0.3, 0.4) is 0 Å². The average molecular weight is 449 g/mol. The zero-order chi connectivity index (χ0) is 24.0. The normalized spacial score (nSPS) is 11.4. The van der Waals surface area contributed by atoms with E-state index in [0.717, 1.165) is 16.8 Å². The van der Waals surface area contributed by atoms with E-state index in [1.165, 1.54) is 19.1 Å². The molecule has 0 aliphatic rings. The first kappa shape index (κ1) is 23.5. The van der Waals surface area contributed by atoms with Crippen molar-refractivity contribution in [2.75, 3.05) is 11.9 Å². The van der Waals surface area contributed by atoms with Gasteiger partial charge in [0.2, 0.25) is 0 Å². The highest BCUT2D eigenvalue weighted by Crippen LogP contribution is 2.27. The van der Waals surface area contributed by atoms with Crippen molar-refractivity contribution in [3.8, 4) is 11.8 Å². The summed E-state index contributed by atoms with van der Waals surface area (Å²) in [7, 11) is 0. The molecule has 170 valence electrons. The quantitative estimate of drug-likeness (QED) is 0.523. The lowest BCUT2D eigenvalue weighted by Gasteiger charge is -2.15. The second-order valence-corrected chi connectivity index (χ2v) is 7.49. The zero-order valence-electron chi connectivity index (χ0n) is 18.6. The molecule has 3 aromatic rings. The Bertz CT molecular complexity index is 1180. The van der Waals surface area contributed by atoms with Crippen LogP contribution in [0.2, 0.25) is 0 Å². The second-order valence-electron chi connectivity index (χ2n) is 7.49. The van der Waals surface area contributed by atoms with Gasteiger partial charge in [-0.1, -0.05) is 30.3 Å². The van der Waals surface area contributed by atoms with Gasteiger partial charge < -0.3 is 19.4 Å². The minimum atomic E-state index is -0.901. The highest BCUT2D eigenvalue weighted by atomic mass is 19.1. The first-order valence-corrected chi connectivity index (χ1v) is 10.3. The maximum absolute atomic E-state index is 13.3. The largest absolute Gasteiger partial charge is 0.479 e. The third kappa shape index (κ3) is 5.77. The number of benzene rings is 2. The number of anilines is 1. The Morgan fingerprint density at radius 2 is 1.79 bits per heavy atom. The van der Waals surface area contributed by atoms with E-state index in [1.807, 2.05) is 13.0 Å². The van der Waals surface area contributed by atoms with Gasteiger partial charge in [0.15, 0.2) is 12.7 Å². The van der Waals surface area contributed by atoms with Crippen molar-refractivity contribution in [3.63, 3.8) is 0 Å². The third-order valence-corrected chi connectivity index (χ3v) is 5.19. The molecule has 1 unspecified atom stereocenters. The number of carbonyl (C=O) groups excluding carboxylic acids is 2. The lowest BCUT2D eigenvalue weighted by atomic mass is 10.2. The Balaban J connectivity index is 1.68. The number of halogens is 1. The van der Waals surface area contributed by atoms with Crippen LogP contribution >= 0.6 is 0 Å². The molecule has 0 radical (unpaired) electrons. The molecule has 1 amide bonds. The summed E-state index contributed by atoms with van der Waals surface area (Å²) < 4.78 is 25.6. The number of aromatic nitrogens is 1. The molecular formula is C25H24FN3O4. The van der Waals surface area contributed by atoms with Crippen LogP contribution in [-0.4, -0.2) is 29.2 Å². The second kappa shape index (κ2) is 10.5. The van der Waals surface area contributed by atoms with Crippen LogP contribution in [0.15, 0.2) is 54.6 Å². The van der Waals surface area contributed by atoms with Crippen molar-refractivity contribution in [2.45, 2.75) is 33.4 Å². The van der Waals surface area contributed by atoms with E-state index in [0.29, 0.717) is 23.7 Å². The van der Waals surface area contributed by atoms with Gasteiger partial charge in [0, 0.05) is 12.2 Å². The topological polar surface area (TPSA) is 93.3 Å². The highest BCUT2D eigenvalue weighted by Gasteiger charge is 2.22. The fraction of sp³-hybridized carbons (Fsp3) is 0.240. The summed E-state index contributed by atoms with van der Waals surface area (Å²) in [4.78, 5) is 24.7. The number of para-hydroxylation sites is 1. The predicted octanol–water partition coefficient (Wildman–Crippen LogP) is 4.11. The number of ether oxygens (including phenoxy) is 2. The molecule has 1 atom stereocenters. The number of nitrogens with one attached hydrogen (secondary N) is 1. The van der Waals surface area contributed by atoms with E-state index in [4.69, 9.17) is 9.47 Å². The molecule has 2 aromatic carbocycles. The van der Waals surface area contributed by atoms with E-state index in [2.05, 4.69) is 11.4 Å². The predicted molar refractivity (Wildman–Crippen MR) is 120 cm³/mol. The minimum Gasteiger partial charge on any atom is -0.479 e. The Morgan fingerprint density at radius 3 is 2.42 bits per heavy atom. The molecule has 0 saturated heterocycles. The number of rotatable bonds is 8. The summed E-state index contributed by atoms with van der Waals surface area (Å²) in [5.74, 6) is -0.827. The number of nitriles is 1. The summed E-state index contributed by atoms with van der Waals surface area (Å²) in [5.41, 5.74) is 2.62. The van der Waals surface area contributed by atoms with Gasteiger partial charge in [-0.05, 0) is 56.2 Å². The number of hydrogen-bond donors (Lipinski definition) is 1. The summed E-state index contributed by atoms with van der Waals surface area (Å²) in [6.45, 7) is 4.94. The summed E-state index contributed by atoms with van der Waals surface area (Å²) in [6, 6.07) is 16.9. The first-order valence-electron chi connectivity index (χ1n) is 10.3. The van der Waals surface area contributed by atoms with Gasteiger partial charge in [-0.3, -0.25) is 4.79 Å². The summed E-state index contributed by atoms with van der Waals surface area (Å²) in [6.07, 6.45) is -0.901. The van der Waals surface area contributed by atoms with Crippen LogP contribution in [-0.2, 0) is 20.9 Å². The molecule has 1 aromatic heterocycles. The molecule has 1 heterocycles. The third-order valence-electron chi connectivity index (χ3n) is 5.19. The number of esters is 1. The van der Waals surface area contributed by atoms with E-state index in [1.54, 1.807) is 47.9 Å².